The lowest BCUT2D eigenvalue weighted by molar-refractivity contribution is 0.0278. The summed E-state index contributed by atoms with van der Waals surface area (Å²) in [4.78, 5) is 2.39. The minimum absolute atomic E-state index is 0.508. The van der Waals surface area contributed by atoms with Gasteiger partial charge in [-0.15, -0.1) is 0 Å². The molecule has 0 radical (unpaired) electrons. The van der Waals surface area contributed by atoms with E-state index in [2.05, 4.69) is 11.9 Å². The van der Waals surface area contributed by atoms with Crippen molar-refractivity contribution in [2.45, 2.75) is 25.3 Å². The first-order chi connectivity index (χ1) is 4.70. The quantitative estimate of drug-likeness (QED) is 0.528. The van der Waals surface area contributed by atoms with E-state index in [1.54, 1.807) is 0 Å². The van der Waals surface area contributed by atoms with Crippen molar-refractivity contribution >= 4 is 0 Å². The highest BCUT2D eigenvalue weighted by Gasteiger charge is 2.45. The summed E-state index contributed by atoms with van der Waals surface area (Å²) in [6, 6.07) is 0.508. The molecule has 1 unspecified atom stereocenters. The second kappa shape index (κ2) is 1.95. The molecule has 10 heavy (non-hydrogen) atoms. The zero-order valence-electron chi connectivity index (χ0n) is 6.64. The summed E-state index contributed by atoms with van der Waals surface area (Å²) in [5.74, 6) is 0. The van der Waals surface area contributed by atoms with Gasteiger partial charge in [0.2, 0.25) is 0 Å². The third-order valence-electron chi connectivity index (χ3n) is 2.95. The van der Waals surface area contributed by atoms with Gasteiger partial charge in [0.15, 0.2) is 0 Å². The standard InChI is InChI=1S/C8H16N2/c1-10-5-8(6-10)3-2-7(9)4-8/h7H,2-6,9H2,1H3. The molecule has 2 aliphatic rings. The van der Waals surface area contributed by atoms with Gasteiger partial charge in [0.25, 0.3) is 0 Å². The fourth-order valence-electron chi connectivity index (χ4n) is 2.64. The van der Waals surface area contributed by atoms with E-state index < -0.39 is 0 Å². The minimum atomic E-state index is 0.508. The van der Waals surface area contributed by atoms with E-state index in [0.29, 0.717) is 11.5 Å². The molecule has 58 valence electrons. The highest BCUT2D eigenvalue weighted by molar-refractivity contribution is 5.00. The van der Waals surface area contributed by atoms with Crippen molar-refractivity contribution < 1.29 is 0 Å². The van der Waals surface area contributed by atoms with Gasteiger partial charge in [-0.3, -0.25) is 0 Å². The highest BCUT2D eigenvalue weighted by atomic mass is 15.2. The molecule has 1 heterocycles. The molecule has 0 bridgehead atoms. The molecular formula is C8H16N2. The first-order valence-electron chi connectivity index (χ1n) is 4.14. The Hall–Kier alpha value is -0.0800. The highest BCUT2D eigenvalue weighted by Crippen LogP contribution is 2.43. The van der Waals surface area contributed by atoms with Crippen molar-refractivity contribution in [1.82, 2.24) is 4.90 Å². The van der Waals surface area contributed by atoms with Crippen LogP contribution in [0.2, 0.25) is 0 Å². The van der Waals surface area contributed by atoms with Crippen LogP contribution in [0.4, 0.5) is 0 Å². The van der Waals surface area contributed by atoms with E-state index in [1.807, 2.05) is 0 Å². The van der Waals surface area contributed by atoms with Gasteiger partial charge in [0.05, 0.1) is 0 Å². The van der Waals surface area contributed by atoms with Crippen molar-refractivity contribution in [1.29, 1.82) is 0 Å². The van der Waals surface area contributed by atoms with Crippen molar-refractivity contribution in [2.24, 2.45) is 11.1 Å². The normalized spacial score (nSPS) is 38.4. The molecule has 0 aromatic carbocycles. The topological polar surface area (TPSA) is 29.3 Å². The zero-order chi connectivity index (χ0) is 7.19. The Morgan fingerprint density at radius 1 is 1.50 bits per heavy atom. The SMILES string of the molecule is CN1CC2(CCC(N)C2)C1. The average Bonchev–Trinajstić information content (AvgIpc) is 2.10. The van der Waals surface area contributed by atoms with Crippen molar-refractivity contribution in [3.63, 3.8) is 0 Å². The molecule has 0 amide bonds. The fourth-order valence-corrected chi connectivity index (χ4v) is 2.64. The summed E-state index contributed by atoms with van der Waals surface area (Å²) in [6.45, 7) is 2.58. The molecule has 0 aromatic heterocycles. The summed E-state index contributed by atoms with van der Waals surface area (Å²) in [5.41, 5.74) is 6.51. The largest absolute Gasteiger partial charge is 0.328 e. The van der Waals surface area contributed by atoms with Crippen molar-refractivity contribution in [3.8, 4) is 0 Å². The van der Waals surface area contributed by atoms with Crippen LogP contribution in [0.5, 0.6) is 0 Å². The van der Waals surface area contributed by atoms with E-state index in [-0.39, 0.29) is 0 Å². The molecule has 1 aliphatic heterocycles. The van der Waals surface area contributed by atoms with E-state index >= 15 is 0 Å². The van der Waals surface area contributed by atoms with E-state index in [4.69, 9.17) is 5.73 Å². The van der Waals surface area contributed by atoms with Gasteiger partial charge in [-0.1, -0.05) is 0 Å². The molecule has 1 atom stereocenters. The van der Waals surface area contributed by atoms with Crippen LogP contribution in [0.15, 0.2) is 0 Å². The van der Waals surface area contributed by atoms with Crippen LogP contribution >= 0.6 is 0 Å². The summed E-state index contributed by atoms with van der Waals surface area (Å²) < 4.78 is 0. The van der Waals surface area contributed by atoms with Gasteiger partial charge >= 0.3 is 0 Å². The van der Waals surface area contributed by atoms with Crippen LogP contribution in [-0.2, 0) is 0 Å². The Morgan fingerprint density at radius 3 is 2.60 bits per heavy atom. The number of rotatable bonds is 0. The molecule has 1 saturated heterocycles. The zero-order valence-corrected chi connectivity index (χ0v) is 6.64. The maximum absolute atomic E-state index is 5.85. The lowest BCUT2D eigenvalue weighted by Gasteiger charge is -2.46. The number of hydrogen-bond acceptors (Lipinski definition) is 2. The fraction of sp³-hybridized carbons (Fsp3) is 1.00. The van der Waals surface area contributed by atoms with Gasteiger partial charge in [0.1, 0.15) is 0 Å². The van der Waals surface area contributed by atoms with Crippen LogP contribution < -0.4 is 5.73 Å². The lowest BCUT2D eigenvalue weighted by atomic mass is 9.78. The number of hydrogen-bond donors (Lipinski definition) is 1. The Kier molecular flexibility index (Phi) is 1.29. The number of nitrogens with two attached hydrogens (primary N) is 1. The van der Waals surface area contributed by atoms with Crippen LogP contribution in [0.1, 0.15) is 19.3 Å². The van der Waals surface area contributed by atoms with Crippen LogP contribution in [-0.4, -0.2) is 31.1 Å². The molecule has 2 N–H and O–H groups in total. The number of likely N-dealkylation sites (tertiary alicyclic amines) is 1. The monoisotopic (exact) mass is 140 g/mol. The van der Waals surface area contributed by atoms with E-state index in [9.17, 15) is 0 Å². The molecule has 2 rings (SSSR count). The summed E-state index contributed by atoms with van der Waals surface area (Å²) in [5, 5.41) is 0. The van der Waals surface area contributed by atoms with Crippen LogP contribution in [0.25, 0.3) is 0 Å². The van der Waals surface area contributed by atoms with Gasteiger partial charge in [0, 0.05) is 19.1 Å². The average molecular weight is 140 g/mol. The van der Waals surface area contributed by atoms with Crippen LogP contribution in [0, 0.1) is 5.41 Å². The molecule has 2 nitrogen and oxygen atoms in total. The molecule has 1 aliphatic carbocycles. The van der Waals surface area contributed by atoms with Gasteiger partial charge in [-0.05, 0) is 31.7 Å². The van der Waals surface area contributed by atoms with E-state index in [1.165, 1.54) is 32.4 Å². The summed E-state index contributed by atoms with van der Waals surface area (Å²) in [7, 11) is 2.19. The smallest absolute Gasteiger partial charge is 0.00480 e. The second-order valence-corrected chi connectivity index (χ2v) is 4.18. The Bertz CT molecular complexity index is 133. The predicted octanol–water partition coefficient (Wildman–Crippen LogP) is 0.429. The third-order valence-corrected chi connectivity index (χ3v) is 2.95. The second-order valence-electron chi connectivity index (χ2n) is 4.18. The molecule has 2 heteroatoms. The minimum Gasteiger partial charge on any atom is -0.328 e. The van der Waals surface area contributed by atoms with Crippen molar-refractivity contribution in [3.05, 3.63) is 0 Å². The van der Waals surface area contributed by atoms with Gasteiger partial charge in [-0.2, -0.15) is 0 Å². The van der Waals surface area contributed by atoms with Gasteiger partial charge in [-0.25, -0.2) is 0 Å². The number of nitrogens with zero attached hydrogens (tertiary/aromatic N) is 1. The Balaban J connectivity index is 1.95. The summed E-state index contributed by atoms with van der Waals surface area (Å²) >= 11 is 0. The summed E-state index contributed by atoms with van der Waals surface area (Å²) in [6.07, 6.45) is 3.91. The van der Waals surface area contributed by atoms with Crippen molar-refractivity contribution in [2.75, 3.05) is 20.1 Å². The molecule has 0 aromatic rings. The Morgan fingerprint density at radius 2 is 2.20 bits per heavy atom. The molecule has 2 fully saturated rings. The molecule has 1 saturated carbocycles. The first-order valence-corrected chi connectivity index (χ1v) is 4.14. The van der Waals surface area contributed by atoms with Gasteiger partial charge < -0.3 is 10.6 Å². The van der Waals surface area contributed by atoms with Crippen LogP contribution in [0.3, 0.4) is 0 Å². The Labute approximate surface area is 62.4 Å². The maximum atomic E-state index is 5.85. The molecule has 1 spiro atoms. The maximum Gasteiger partial charge on any atom is 0.00480 e. The molecular weight excluding hydrogens is 124 g/mol. The lowest BCUT2D eigenvalue weighted by Crippen LogP contribution is -2.53. The van der Waals surface area contributed by atoms with E-state index in [0.717, 1.165) is 0 Å². The predicted molar refractivity (Wildman–Crippen MR) is 41.8 cm³/mol. The third kappa shape index (κ3) is 0.867. The first kappa shape index (κ1) is 6.62.